The van der Waals surface area contributed by atoms with Crippen LogP contribution in [-0.4, -0.2) is 27.2 Å². The third-order valence-electron chi connectivity index (χ3n) is 4.85. The molecule has 0 spiro atoms. The summed E-state index contributed by atoms with van der Waals surface area (Å²) >= 11 is 0. The van der Waals surface area contributed by atoms with Crippen LogP contribution in [0.2, 0.25) is 0 Å². The van der Waals surface area contributed by atoms with Crippen LogP contribution in [0.5, 0.6) is 0 Å². The first-order valence-electron chi connectivity index (χ1n) is 8.22. The molecule has 0 saturated heterocycles. The lowest BCUT2D eigenvalue weighted by atomic mass is 9.92. The van der Waals surface area contributed by atoms with Crippen molar-refractivity contribution in [2.75, 3.05) is 6.54 Å². The number of hydrogen-bond donors (Lipinski definition) is 1. The fraction of sp³-hybridized carbons (Fsp3) is 0.389. The second kappa shape index (κ2) is 7.14. The summed E-state index contributed by atoms with van der Waals surface area (Å²) in [6.45, 7) is 2.59. The van der Waals surface area contributed by atoms with Crippen molar-refractivity contribution < 1.29 is 4.79 Å². The zero-order valence-corrected chi connectivity index (χ0v) is 13.9. The maximum Gasteiger partial charge on any atom is 0.290 e. The van der Waals surface area contributed by atoms with Gasteiger partial charge in [0, 0.05) is 12.5 Å². The highest BCUT2D eigenvalue weighted by molar-refractivity contribution is 5.90. The zero-order chi connectivity index (χ0) is 17.8. The van der Waals surface area contributed by atoms with E-state index in [-0.39, 0.29) is 23.6 Å². The molecule has 3 rings (SSSR count). The summed E-state index contributed by atoms with van der Waals surface area (Å²) in [4.78, 5) is 16.3. The van der Waals surface area contributed by atoms with E-state index in [9.17, 15) is 4.79 Å². The summed E-state index contributed by atoms with van der Waals surface area (Å²) in [7, 11) is 0. The highest BCUT2D eigenvalue weighted by Gasteiger charge is 2.32. The van der Waals surface area contributed by atoms with Crippen LogP contribution in [-0.2, 0) is 0 Å². The minimum absolute atomic E-state index is 0.0756. The maximum absolute atomic E-state index is 12.3. The van der Waals surface area contributed by atoms with E-state index in [0.717, 1.165) is 12.8 Å². The number of hydrogen-bond acceptors (Lipinski definition) is 5. The molecule has 1 saturated carbocycles. The molecule has 2 aromatic rings. The highest BCUT2D eigenvalue weighted by Crippen LogP contribution is 2.35. The maximum atomic E-state index is 12.3. The van der Waals surface area contributed by atoms with Crippen molar-refractivity contribution in [2.45, 2.75) is 19.8 Å². The summed E-state index contributed by atoms with van der Waals surface area (Å²) < 4.78 is 1.47. The quantitative estimate of drug-likeness (QED) is 0.920. The van der Waals surface area contributed by atoms with E-state index in [1.807, 2.05) is 0 Å². The fourth-order valence-electron chi connectivity index (χ4n) is 3.23. The molecule has 0 bridgehead atoms. The van der Waals surface area contributed by atoms with E-state index >= 15 is 0 Å². The number of carbonyl (C=O) groups excluding carboxylic acids is 1. The van der Waals surface area contributed by atoms with E-state index in [1.165, 1.54) is 11.0 Å². The molecule has 1 N–H and O–H groups in total. The van der Waals surface area contributed by atoms with Crippen molar-refractivity contribution in [1.82, 2.24) is 20.1 Å². The number of carbonyl (C=O) groups is 1. The molecule has 1 aliphatic rings. The molecule has 1 fully saturated rings. The molecule has 1 aliphatic carbocycles. The van der Waals surface area contributed by atoms with E-state index in [4.69, 9.17) is 10.5 Å². The molecule has 0 radical (unpaired) electrons. The SMILES string of the molecule is C[C@H]1C(C#N)CC[C@H]1CNC(=O)c1ncn(-c2cccc(C#N)c2)n1. The van der Waals surface area contributed by atoms with E-state index < -0.39 is 0 Å². The Kier molecular flexibility index (Phi) is 4.76. The lowest BCUT2D eigenvalue weighted by Crippen LogP contribution is -2.31. The normalized spacial score (nSPS) is 22.1. The van der Waals surface area contributed by atoms with Crippen LogP contribution in [0, 0.1) is 40.4 Å². The second-order valence-electron chi connectivity index (χ2n) is 6.32. The minimum atomic E-state index is -0.331. The minimum Gasteiger partial charge on any atom is -0.349 e. The van der Waals surface area contributed by atoms with Gasteiger partial charge in [-0.2, -0.15) is 10.5 Å². The zero-order valence-electron chi connectivity index (χ0n) is 13.9. The van der Waals surface area contributed by atoms with Crippen molar-refractivity contribution >= 4 is 5.91 Å². The number of amides is 1. The van der Waals surface area contributed by atoms with Crippen molar-refractivity contribution in [3.63, 3.8) is 0 Å². The molecule has 0 aliphatic heterocycles. The number of nitriles is 2. The van der Waals surface area contributed by atoms with Crippen LogP contribution in [0.4, 0.5) is 0 Å². The van der Waals surface area contributed by atoms with E-state index in [1.54, 1.807) is 24.3 Å². The molecule has 25 heavy (non-hydrogen) atoms. The Morgan fingerprint density at radius 2 is 2.24 bits per heavy atom. The third kappa shape index (κ3) is 3.51. The van der Waals surface area contributed by atoms with Crippen LogP contribution in [0.15, 0.2) is 30.6 Å². The van der Waals surface area contributed by atoms with Gasteiger partial charge in [-0.3, -0.25) is 4.79 Å². The average Bonchev–Trinajstić information content (AvgIpc) is 3.27. The van der Waals surface area contributed by atoms with Crippen LogP contribution >= 0.6 is 0 Å². The van der Waals surface area contributed by atoms with Crippen molar-refractivity contribution in [3.05, 3.63) is 42.0 Å². The van der Waals surface area contributed by atoms with Crippen LogP contribution < -0.4 is 5.32 Å². The van der Waals surface area contributed by atoms with Gasteiger partial charge in [-0.05, 0) is 42.9 Å². The Bertz CT molecular complexity index is 859. The van der Waals surface area contributed by atoms with Crippen molar-refractivity contribution in [1.29, 1.82) is 10.5 Å². The van der Waals surface area contributed by atoms with Gasteiger partial charge >= 0.3 is 0 Å². The number of aromatic nitrogens is 3. The summed E-state index contributed by atoms with van der Waals surface area (Å²) in [6.07, 6.45) is 3.29. The number of nitrogens with zero attached hydrogens (tertiary/aromatic N) is 5. The molecule has 1 unspecified atom stereocenters. The lowest BCUT2D eigenvalue weighted by molar-refractivity contribution is 0.0933. The summed E-state index contributed by atoms with van der Waals surface area (Å²) in [6, 6.07) is 11.3. The van der Waals surface area contributed by atoms with Gasteiger partial charge in [0.1, 0.15) is 6.33 Å². The Balaban J connectivity index is 1.63. The van der Waals surface area contributed by atoms with E-state index in [2.05, 4.69) is 34.5 Å². The third-order valence-corrected chi connectivity index (χ3v) is 4.85. The Morgan fingerprint density at radius 3 is 2.96 bits per heavy atom. The van der Waals surface area contributed by atoms with Gasteiger partial charge < -0.3 is 5.32 Å². The first-order chi connectivity index (χ1) is 12.1. The summed E-state index contributed by atoms with van der Waals surface area (Å²) in [5, 5.41) is 25.1. The molecule has 3 atom stereocenters. The molecule has 1 aromatic carbocycles. The molecule has 126 valence electrons. The average molecular weight is 334 g/mol. The predicted molar refractivity (Wildman–Crippen MR) is 89.4 cm³/mol. The molecule has 7 nitrogen and oxygen atoms in total. The molecular formula is C18H18N6O. The topological polar surface area (TPSA) is 107 Å². The monoisotopic (exact) mass is 334 g/mol. The van der Waals surface area contributed by atoms with Gasteiger partial charge in [-0.1, -0.05) is 13.0 Å². The number of nitrogens with one attached hydrogen (secondary N) is 1. The largest absolute Gasteiger partial charge is 0.349 e. The molecule has 1 heterocycles. The van der Waals surface area contributed by atoms with Crippen LogP contribution in [0.25, 0.3) is 5.69 Å². The highest BCUT2D eigenvalue weighted by atomic mass is 16.2. The van der Waals surface area contributed by atoms with Gasteiger partial charge in [0.2, 0.25) is 5.82 Å². The van der Waals surface area contributed by atoms with Crippen LogP contribution in [0.3, 0.4) is 0 Å². The molecule has 7 heteroatoms. The van der Waals surface area contributed by atoms with Crippen molar-refractivity contribution in [3.8, 4) is 17.8 Å². The van der Waals surface area contributed by atoms with Gasteiger partial charge in [-0.15, -0.1) is 5.10 Å². The Morgan fingerprint density at radius 1 is 1.40 bits per heavy atom. The molecule has 1 aromatic heterocycles. The van der Waals surface area contributed by atoms with Gasteiger partial charge in [-0.25, -0.2) is 9.67 Å². The Labute approximate surface area is 145 Å². The number of rotatable bonds is 4. The first-order valence-corrected chi connectivity index (χ1v) is 8.22. The number of benzene rings is 1. The lowest BCUT2D eigenvalue weighted by Gasteiger charge is -2.16. The molecule has 1 amide bonds. The van der Waals surface area contributed by atoms with Gasteiger partial charge in [0.15, 0.2) is 0 Å². The van der Waals surface area contributed by atoms with Crippen LogP contribution in [0.1, 0.15) is 35.9 Å². The summed E-state index contributed by atoms with van der Waals surface area (Å²) in [5.41, 5.74) is 1.19. The van der Waals surface area contributed by atoms with E-state index in [0.29, 0.717) is 23.7 Å². The first kappa shape index (κ1) is 16.7. The summed E-state index contributed by atoms with van der Waals surface area (Å²) in [5.74, 6) is 0.423. The fourth-order valence-corrected chi connectivity index (χ4v) is 3.23. The van der Waals surface area contributed by atoms with Gasteiger partial charge in [0.05, 0.1) is 23.4 Å². The van der Waals surface area contributed by atoms with Gasteiger partial charge in [0.25, 0.3) is 5.91 Å². The predicted octanol–water partition coefficient (Wildman–Crippen LogP) is 2.05. The second-order valence-corrected chi connectivity index (χ2v) is 6.32. The Hall–Kier alpha value is -3.19. The smallest absolute Gasteiger partial charge is 0.290 e. The molecular weight excluding hydrogens is 316 g/mol. The van der Waals surface area contributed by atoms with Crippen molar-refractivity contribution in [2.24, 2.45) is 17.8 Å². The standard InChI is InChI=1S/C18H18N6O/c1-12-14(9-20)5-6-15(12)10-21-18(25)17-22-11-24(23-17)16-4-2-3-13(7-16)8-19/h2-4,7,11-12,14-15H,5-6,10H2,1H3,(H,21,25)/t12-,14?,15-/m0/s1.